The predicted octanol–water partition coefficient (Wildman–Crippen LogP) is 4.07. The minimum atomic E-state index is -0.538. The Balaban J connectivity index is 1.55. The van der Waals surface area contributed by atoms with Crippen LogP contribution in [0.5, 0.6) is 5.75 Å². The van der Waals surface area contributed by atoms with Gasteiger partial charge in [-0.25, -0.2) is 4.79 Å². The van der Waals surface area contributed by atoms with Gasteiger partial charge >= 0.3 is 6.09 Å². The first kappa shape index (κ1) is 23.4. The van der Waals surface area contributed by atoms with E-state index in [0.29, 0.717) is 18.7 Å². The highest BCUT2D eigenvalue weighted by atomic mass is 16.6. The number of hydrogen-bond acceptors (Lipinski definition) is 5. The second-order valence-corrected chi connectivity index (χ2v) is 8.98. The van der Waals surface area contributed by atoms with Crippen LogP contribution < -0.4 is 15.0 Å². The van der Waals surface area contributed by atoms with Crippen LogP contribution in [0.25, 0.3) is 0 Å². The number of hydrogen-bond donors (Lipinski definition) is 1. The number of anilines is 1. The van der Waals surface area contributed by atoms with Crippen LogP contribution >= 0.6 is 0 Å². The third-order valence-corrected chi connectivity index (χ3v) is 5.17. The van der Waals surface area contributed by atoms with Crippen molar-refractivity contribution < 1.29 is 19.1 Å². The lowest BCUT2D eigenvalue weighted by Crippen LogP contribution is -2.46. The summed E-state index contributed by atoms with van der Waals surface area (Å²) < 4.78 is 11.4. The average molecular weight is 440 g/mol. The van der Waals surface area contributed by atoms with E-state index in [-0.39, 0.29) is 12.0 Å². The molecule has 172 valence electrons. The van der Waals surface area contributed by atoms with Crippen molar-refractivity contribution in [2.75, 3.05) is 31.6 Å². The van der Waals surface area contributed by atoms with Crippen LogP contribution in [-0.4, -0.2) is 55.3 Å². The first-order chi connectivity index (χ1) is 15.2. The molecule has 1 heterocycles. The smallest absolute Gasteiger partial charge is 0.407 e. The molecular formula is C25H33N3O4. The lowest BCUT2D eigenvalue weighted by molar-refractivity contribution is 0.0523. The molecule has 32 heavy (non-hydrogen) atoms. The number of carbonyl (C=O) groups is 2. The third kappa shape index (κ3) is 6.15. The Morgan fingerprint density at radius 1 is 1.16 bits per heavy atom. The molecule has 3 rings (SSSR count). The fraction of sp³-hybridized carbons (Fsp3) is 0.440. The summed E-state index contributed by atoms with van der Waals surface area (Å²) in [5.74, 6) is 0.787. The SMILES string of the molecule is CCN1CC(CN(C)C(=O)c2ccc(CNC(=O)OC(C)(C)C)cc2)Oc2ccccc21. The number of amides is 2. The van der Waals surface area contributed by atoms with Gasteiger partial charge in [-0.2, -0.15) is 0 Å². The molecule has 0 spiro atoms. The van der Waals surface area contributed by atoms with Crippen molar-refractivity contribution in [3.8, 4) is 5.75 Å². The normalized spacial score (nSPS) is 15.4. The van der Waals surface area contributed by atoms with Crippen LogP contribution in [0.15, 0.2) is 48.5 Å². The number of rotatable bonds is 6. The first-order valence-corrected chi connectivity index (χ1v) is 11.0. The van der Waals surface area contributed by atoms with Crippen LogP contribution in [0.1, 0.15) is 43.6 Å². The van der Waals surface area contributed by atoms with E-state index in [9.17, 15) is 9.59 Å². The zero-order chi connectivity index (χ0) is 23.3. The molecule has 2 aromatic rings. The molecule has 0 aliphatic carbocycles. The van der Waals surface area contributed by atoms with E-state index in [2.05, 4.69) is 23.2 Å². The summed E-state index contributed by atoms with van der Waals surface area (Å²) in [6, 6.07) is 15.2. The van der Waals surface area contributed by atoms with E-state index in [0.717, 1.165) is 30.1 Å². The molecule has 7 nitrogen and oxygen atoms in total. The van der Waals surface area contributed by atoms with Crippen molar-refractivity contribution in [2.24, 2.45) is 0 Å². The molecule has 0 radical (unpaired) electrons. The summed E-state index contributed by atoms with van der Waals surface area (Å²) in [6.45, 7) is 10.0. The number of nitrogens with one attached hydrogen (secondary N) is 1. The minimum Gasteiger partial charge on any atom is -0.485 e. The number of para-hydroxylation sites is 2. The molecule has 1 aliphatic rings. The molecule has 2 amide bonds. The van der Waals surface area contributed by atoms with Gasteiger partial charge in [0.25, 0.3) is 5.91 Å². The van der Waals surface area contributed by atoms with Crippen molar-refractivity contribution in [3.05, 3.63) is 59.7 Å². The Morgan fingerprint density at radius 2 is 1.84 bits per heavy atom. The number of fused-ring (bicyclic) bond motifs is 1. The summed E-state index contributed by atoms with van der Waals surface area (Å²) in [7, 11) is 1.79. The maximum atomic E-state index is 12.9. The van der Waals surface area contributed by atoms with Crippen LogP contribution in [0.2, 0.25) is 0 Å². The third-order valence-electron chi connectivity index (χ3n) is 5.17. The number of alkyl carbamates (subject to hydrolysis) is 1. The summed E-state index contributed by atoms with van der Waals surface area (Å²) in [5, 5.41) is 2.72. The molecule has 1 N–H and O–H groups in total. The summed E-state index contributed by atoms with van der Waals surface area (Å²) in [4.78, 5) is 28.7. The van der Waals surface area contributed by atoms with Gasteiger partial charge < -0.3 is 24.6 Å². The number of nitrogens with zero attached hydrogens (tertiary/aromatic N) is 2. The van der Waals surface area contributed by atoms with Crippen molar-refractivity contribution in [3.63, 3.8) is 0 Å². The van der Waals surface area contributed by atoms with Crippen molar-refractivity contribution >= 4 is 17.7 Å². The fourth-order valence-electron chi connectivity index (χ4n) is 3.64. The standard InChI is InChI=1S/C25H33N3O4/c1-6-28-17-20(31-22-10-8-7-9-21(22)28)16-27(5)23(29)19-13-11-18(12-14-19)15-26-24(30)32-25(2,3)4/h7-14,20H,6,15-17H2,1-5H3,(H,26,30). The lowest BCUT2D eigenvalue weighted by Gasteiger charge is -2.37. The van der Waals surface area contributed by atoms with Gasteiger partial charge in [-0.05, 0) is 57.5 Å². The lowest BCUT2D eigenvalue weighted by atomic mass is 10.1. The molecule has 1 atom stereocenters. The Bertz CT molecular complexity index is 937. The van der Waals surface area contributed by atoms with Crippen LogP contribution in [-0.2, 0) is 11.3 Å². The van der Waals surface area contributed by atoms with Gasteiger partial charge in [0, 0.05) is 25.7 Å². The highest BCUT2D eigenvalue weighted by Gasteiger charge is 2.27. The molecule has 0 saturated carbocycles. The molecule has 7 heteroatoms. The number of carbonyl (C=O) groups excluding carboxylic acids is 2. The highest BCUT2D eigenvalue weighted by Crippen LogP contribution is 2.32. The monoisotopic (exact) mass is 439 g/mol. The summed E-state index contributed by atoms with van der Waals surface area (Å²) in [6.07, 6.45) is -0.566. The van der Waals surface area contributed by atoms with E-state index >= 15 is 0 Å². The molecular weight excluding hydrogens is 406 g/mol. The zero-order valence-corrected chi connectivity index (χ0v) is 19.6. The minimum absolute atomic E-state index is 0.0674. The second kappa shape index (κ2) is 9.94. The van der Waals surface area contributed by atoms with Crippen LogP contribution in [0.3, 0.4) is 0 Å². The summed E-state index contributed by atoms with van der Waals surface area (Å²) in [5.41, 5.74) is 2.04. The van der Waals surface area contributed by atoms with Gasteiger partial charge in [0.05, 0.1) is 18.8 Å². The van der Waals surface area contributed by atoms with Gasteiger partial charge in [-0.3, -0.25) is 4.79 Å². The van der Waals surface area contributed by atoms with Gasteiger partial charge in [0.1, 0.15) is 17.5 Å². The quantitative estimate of drug-likeness (QED) is 0.735. The topological polar surface area (TPSA) is 71.1 Å². The van der Waals surface area contributed by atoms with E-state index in [1.807, 2.05) is 51.1 Å². The largest absolute Gasteiger partial charge is 0.485 e. The highest BCUT2D eigenvalue weighted by molar-refractivity contribution is 5.94. The van der Waals surface area contributed by atoms with E-state index in [4.69, 9.17) is 9.47 Å². The Labute approximate surface area is 190 Å². The number of benzene rings is 2. The molecule has 1 aliphatic heterocycles. The Kier molecular flexibility index (Phi) is 7.28. The molecule has 2 aromatic carbocycles. The van der Waals surface area contributed by atoms with E-state index in [1.54, 1.807) is 24.1 Å². The molecule has 1 unspecified atom stereocenters. The Hall–Kier alpha value is -3.22. The molecule has 0 fully saturated rings. The number of likely N-dealkylation sites (N-methyl/N-ethyl adjacent to an activating group) is 2. The Morgan fingerprint density at radius 3 is 2.50 bits per heavy atom. The molecule has 0 aromatic heterocycles. The fourth-order valence-corrected chi connectivity index (χ4v) is 3.64. The van der Waals surface area contributed by atoms with Crippen LogP contribution in [0, 0.1) is 0 Å². The zero-order valence-electron chi connectivity index (χ0n) is 19.6. The molecule has 0 bridgehead atoms. The second-order valence-electron chi connectivity index (χ2n) is 8.98. The predicted molar refractivity (Wildman–Crippen MR) is 125 cm³/mol. The first-order valence-electron chi connectivity index (χ1n) is 11.0. The van der Waals surface area contributed by atoms with Crippen LogP contribution in [0.4, 0.5) is 10.5 Å². The maximum Gasteiger partial charge on any atom is 0.407 e. The van der Waals surface area contributed by atoms with Gasteiger partial charge in [0.15, 0.2) is 0 Å². The van der Waals surface area contributed by atoms with Gasteiger partial charge in [-0.1, -0.05) is 24.3 Å². The maximum absolute atomic E-state index is 12.9. The van der Waals surface area contributed by atoms with Crippen molar-refractivity contribution in [1.82, 2.24) is 10.2 Å². The van der Waals surface area contributed by atoms with E-state index in [1.165, 1.54) is 0 Å². The van der Waals surface area contributed by atoms with Crippen molar-refractivity contribution in [2.45, 2.75) is 45.9 Å². The number of ether oxygens (including phenoxy) is 2. The van der Waals surface area contributed by atoms with Crippen molar-refractivity contribution in [1.29, 1.82) is 0 Å². The van der Waals surface area contributed by atoms with E-state index < -0.39 is 11.7 Å². The average Bonchev–Trinajstić information content (AvgIpc) is 2.75. The van der Waals surface area contributed by atoms with Gasteiger partial charge in [-0.15, -0.1) is 0 Å². The molecule has 0 saturated heterocycles. The summed E-state index contributed by atoms with van der Waals surface area (Å²) >= 11 is 0. The van der Waals surface area contributed by atoms with Gasteiger partial charge in [0.2, 0.25) is 0 Å².